The largest absolute Gasteiger partial charge is 0.324 e. The number of amides is 1. The van der Waals surface area contributed by atoms with Crippen LogP contribution < -0.4 is 10.9 Å². The minimum absolute atomic E-state index is 0.126. The number of carbonyl (C=O) groups excluding carboxylic acids is 1. The first-order chi connectivity index (χ1) is 9.82. The van der Waals surface area contributed by atoms with E-state index in [2.05, 4.69) is 21.2 Å². The molecular formula is C16H17BrN2O2. The molecule has 2 aromatic rings. The van der Waals surface area contributed by atoms with Crippen LogP contribution in [-0.4, -0.2) is 10.5 Å². The van der Waals surface area contributed by atoms with Crippen molar-refractivity contribution in [2.24, 2.45) is 7.05 Å². The molecule has 2 rings (SSSR count). The Labute approximate surface area is 131 Å². The van der Waals surface area contributed by atoms with Crippen molar-refractivity contribution < 1.29 is 4.79 Å². The van der Waals surface area contributed by atoms with Gasteiger partial charge in [0.1, 0.15) is 0 Å². The van der Waals surface area contributed by atoms with Crippen molar-refractivity contribution in [2.45, 2.75) is 19.3 Å². The van der Waals surface area contributed by atoms with Gasteiger partial charge < -0.3 is 9.88 Å². The zero-order valence-electron chi connectivity index (χ0n) is 12.2. The Morgan fingerprint density at radius 3 is 2.43 bits per heavy atom. The van der Waals surface area contributed by atoms with Crippen LogP contribution in [-0.2, 0) is 17.3 Å². The number of benzene rings is 1. The van der Waals surface area contributed by atoms with Gasteiger partial charge in [0.05, 0.1) is 15.6 Å². The first-order valence-corrected chi connectivity index (χ1v) is 7.35. The van der Waals surface area contributed by atoms with E-state index >= 15 is 0 Å². The Bertz CT molecular complexity index is 695. The van der Waals surface area contributed by atoms with Gasteiger partial charge in [-0.2, -0.15) is 0 Å². The molecule has 5 heteroatoms. The van der Waals surface area contributed by atoms with Crippen LogP contribution in [0.3, 0.4) is 0 Å². The van der Waals surface area contributed by atoms with E-state index in [0.717, 1.165) is 5.56 Å². The maximum atomic E-state index is 12.5. The second-order valence-corrected chi connectivity index (χ2v) is 6.29. The van der Waals surface area contributed by atoms with Crippen molar-refractivity contribution in [2.75, 3.05) is 5.32 Å². The van der Waals surface area contributed by atoms with Crippen LogP contribution in [0.15, 0.2) is 51.9 Å². The van der Waals surface area contributed by atoms with E-state index in [-0.39, 0.29) is 11.5 Å². The fraction of sp³-hybridized carbons (Fsp3) is 0.250. The molecule has 0 radical (unpaired) electrons. The van der Waals surface area contributed by atoms with E-state index in [0.29, 0.717) is 10.2 Å². The molecule has 0 saturated carbocycles. The monoisotopic (exact) mass is 348 g/mol. The highest BCUT2D eigenvalue weighted by Crippen LogP contribution is 2.25. The third-order valence-corrected chi connectivity index (χ3v) is 4.03. The average molecular weight is 349 g/mol. The quantitative estimate of drug-likeness (QED) is 0.926. The van der Waals surface area contributed by atoms with Gasteiger partial charge in [0.25, 0.3) is 5.56 Å². The van der Waals surface area contributed by atoms with Gasteiger partial charge in [-0.25, -0.2) is 0 Å². The fourth-order valence-electron chi connectivity index (χ4n) is 2.01. The lowest BCUT2D eigenvalue weighted by molar-refractivity contribution is -0.120. The molecule has 0 atom stereocenters. The SMILES string of the molecule is Cn1cc(NC(=O)C(C)(C)c2ccccc2)cc(Br)c1=O. The third kappa shape index (κ3) is 3.24. The number of hydrogen-bond donors (Lipinski definition) is 1. The highest BCUT2D eigenvalue weighted by atomic mass is 79.9. The van der Waals surface area contributed by atoms with Crippen molar-refractivity contribution in [1.82, 2.24) is 4.57 Å². The topological polar surface area (TPSA) is 51.1 Å². The zero-order valence-corrected chi connectivity index (χ0v) is 13.8. The molecule has 21 heavy (non-hydrogen) atoms. The predicted molar refractivity (Wildman–Crippen MR) is 87.5 cm³/mol. The minimum atomic E-state index is -0.664. The van der Waals surface area contributed by atoms with Gasteiger partial charge in [0, 0.05) is 13.2 Å². The molecule has 1 heterocycles. The zero-order chi connectivity index (χ0) is 15.6. The number of halogens is 1. The Balaban J connectivity index is 2.28. The average Bonchev–Trinajstić information content (AvgIpc) is 2.45. The van der Waals surface area contributed by atoms with Crippen LogP contribution in [0.2, 0.25) is 0 Å². The summed E-state index contributed by atoms with van der Waals surface area (Å²) in [4.78, 5) is 24.2. The Morgan fingerprint density at radius 1 is 1.24 bits per heavy atom. The number of hydrogen-bond acceptors (Lipinski definition) is 2. The fourth-order valence-corrected chi connectivity index (χ4v) is 2.54. The number of anilines is 1. The Morgan fingerprint density at radius 2 is 1.86 bits per heavy atom. The first-order valence-electron chi connectivity index (χ1n) is 6.55. The van der Waals surface area contributed by atoms with Crippen molar-refractivity contribution >= 4 is 27.5 Å². The maximum absolute atomic E-state index is 12.5. The molecule has 1 aromatic heterocycles. The van der Waals surface area contributed by atoms with E-state index in [1.54, 1.807) is 19.3 Å². The molecule has 0 bridgehead atoms. The highest BCUT2D eigenvalue weighted by molar-refractivity contribution is 9.10. The summed E-state index contributed by atoms with van der Waals surface area (Å²) in [5, 5.41) is 2.86. The van der Waals surface area contributed by atoms with Gasteiger partial charge in [-0.3, -0.25) is 9.59 Å². The summed E-state index contributed by atoms with van der Waals surface area (Å²) in [6, 6.07) is 11.2. The Hall–Kier alpha value is -1.88. The Kier molecular flexibility index (Phi) is 4.32. The number of aromatic nitrogens is 1. The molecule has 0 aliphatic rings. The molecule has 0 spiro atoms. The predicted octanol–water partition coefficient (Wildman–Crippen LogP) is 3.06. The number of pyridine rings is 1. The lowest BCUT2D eigenvalue weighted by Gasteiger charge is -2.24. The van der Waals surface area contributed by atoms with Gasteiger partial charge in [-0.05, 0) is 41.4 Å². The van der Waals surface area contributed by atoms with Crippen LogP contribution in [0.1, 0.15) is 19.4 Å². The highest BCUT2D eigenvalue weighted by Gasteiger charge is 2.29. The lowest BCUT2D eigenvalue weighted by Crippen LogP contribution is -2.35. The van der Waals surface area contributed by atoms with E-state index in [4.69, 9.17) is 0 Å². The number of rotatable bonds is 3. The standard InChI is InChI=1S/C16H17BrN2O2/c1-16(2,11-7-5-4-6-8-11)15(21)18-12-9-13(17)14(20)19(3)10-12/h4-10H,1-3H3,(H,18,21). The number of aryl methyl sites for hydroxylation is 1. The summed E-state index contributed by atoms with van der Waals surface area (Å²) in [5.74, 6) is -0.126. The molecule has 4 nitrogen and oxygen atoms in total. The van der Waals surface area contributed by atoms with Crippen LogP contribution in [0.5, 0.6) is 0 Å². The number of nitrogens with zero attached hydrogens (tertiary/aromatic N) is 1. The molecule has 0 fully saturated rings. The summed E-state index contributed by atoms with van der Waals surface area (Å²) in [6.07, 6.45) is 1.60. The normalized spacial score (nSPS) is 11.2. The van der Waals surface area contributed by atoms with Gasteiger partial charge >= 0.3 is 0 Å². The molecule has 110 valence electrons. The van der Waals surface area contributed by atoms with E-state index in [9.17, 15) is 9.59 Å². The van der Waals surface area contributed by atoms with E-state index < -0.39 is 5.41 Å². The van der Waals surface area contributed by atoms with Crippen molar-refractivity contribution in [3.8, 4) is 0 Å². The summed E-state index contributed by atoms with van der Waals surface area (Å²) < 4.78 is 1.84. The van der Waals surface area contributed by atoms with Crippen LogP contribution >= 0.6 is 15.9 Å². The van der Waals surface area contributed by atoms with Gasteiger partial charge in [0.2, 0.25) is 5.91 Å². The van der Waals surface area contributed by atoms with Crippen LogP contribution in [0.25, 0.3) is 0 Å². The summed E-state index contributed by atoms with van der Waals surface area (Å²) in [6.45, 7) is 3.74. The van der Waals surface area contributed by atoms with Crippen molar-refractivity contribution in [3.05, 3.63) is 63.0 Å². The maximum Gasteiger partial charge on any atom is 0.264 e. The molecule has 0 aliphatic carbocycles. The van der Waals surface area contributed by atoms with Gasteiger partial charge in [-0.15, -0.1) is 0 Å². The third-order valence-electron chi connectivity index (χ3n) is 3.46. The summed E-state index contributed by atoms with van der Waals surface area (Å²) in [7, 11) is 1.64. The second-order valence-electron chi connectivity index (χ2n) is 5.44. The second kappa shape index (κ2) is 5.85. The molecule has 0 unspecified atom stereocenters. The summed E-state index contributed by atoms with van der Waals surface area (Å²) >= 11 is 3.20. The molecular weight excluding hydrogens is 332 g/mol. The van der Waals surface area contributed by atoms with Crippen LogP contribution in [0.4, 0.5) is 5.69 Å². The number of nitrogens with one attached hydrogen (secondary N) is 1. The van der Waals surface area contributed by atoms with Gasteiger partial charge in [0.15, 0.2) is 0 Å². The van der Waals surface area contributed by atoms with E-state index in [1.807, 2.05) is 44.2 Å². The molecule has 0 saturated heterocycles. The number of carbonyl (C=O) groups is 1. The van der Waals surface area contributed by atoms with Crippen LogP contribution in [0, 0.1) is 0 Å². The van der Waals surface area contributed by atoms with Crippen molar-refractivity contribution in [3.63, 3.8) is 0 Å². The van der Waals surface area contributed by atoms with Crippen molar-refractivity contribution in [1.29, 1.82) is 0 Å². The summed E-state index contributed by atoms with van der Waals surface area (Å²) in [5.41, 5.74) is 0.710. The smallest absolute Gasteiger partial charge is 0.264 e. The molecule has 1 amide bonds. The van der Waals surface area contributed by atoms with Gasteiger partial charge in [-0.1, -0.05) is 30.3 Å². The molecule has 0 aliphatic heterocycles. The lowest BCUT2D eigenvalue weighted by atomic mass is 9.84. The minimum Gasteiger partial charge on any atom is -0.324 e. The van der Waals surface area contributed by atoms with E-state index in [1.165, 1.54) is 4.57 Å². The molecule has 1 N–H and O–H groups in total. The first kappa shape index (κ1) is 15.5. The molecule has 1 aromatic carbocycles.